The quantitative estimate of drug-likeness (QED) is 0.213. The van der Waals surface area contributed by atoms with E-state index in [2.05, 4.69) is 10.3 Å². The number of nitrogens with zero attached hydrogens (tertiary/aromatic N) is 2. The average Bonchev–Trinajstić information content (AvgIpc) is 3.35. The minimum Gasteiger partial charge on any atom is -0.387 e. The number of hydrogen-bond donors (Lipinski definition) is 3. The average molecular weight is 604 g/mol. The van der Waals surface area contributed by atoms with Crippen LogP contribution in [-0.2, 0) is 15.1 Å². The number of ether oxygens (including phenoxy) is 2. The maximum absolute atomic E-state index is 13.0. The van der Waals surface area contributed by atoms with Crippen LogP contribution >= 0.6 is 0 Å². The Morgan fingerprint density at radius 2 is 1.36 bits per heavy atom. The lowest BCUT2D eigenvalue weighted by Crippen LogP contribution is -2.39. The first-order valence-electron chi connectivity index (χ1n) is 14.7. The van der Waals surface area contributed by atoms with Crippen molar-refractivity contribution in [3.05, 3.63) is 166 Å². The molecular formula is C36H33N3O6. The maximum Gasteiger partial charge on any atom is 0.351 e. The molecule has 1 aliphatic heterocycles. The normalized spacial score (nSPS) is 19.7. The van der Waals surface area contributed by atoms with Gasteiger partial charge in [-0.2, -0.15) is 4.98 Å². The second-order valence-corrected chi connectivity index (χ2v) is 11.0. The number of carbonyl (C=O) groups excluding carboxylic acids is 1. The molecule has 0 saturated carbocycles. The molecule has 1 amide bonds. The topological polar surface area (TPSA) is 123 Å². The van der Waals surface area contributed by atoms with Gasteiger partial charge in [0.05, 0.1) is 6.61 Å². The standard InChI is InChI=1S/C36H33N3O6/c1-24-17-19-25(20-18-24)33(42)37-30-21-22-39(35(43)38-30)34-32(41)31(40)29(45-34)23-44-36(26-11-5-2-6-12-26,27-13-7-3-8-14-27)28-15-9-4-10-16-28/h2-22,29,31-32,34,40-41H,23H2,1H3,(H,37,38,42,43)/t29-,31+,32+,34-/m1/s1. The molecule has 1 aromatic heterocycles. The summed E-state index contributed by atoms with van der Waals surface area (Å²) in [4.78, 5) is 29.6. The van der Waals surface area contributed by atoms with E-state index in [1.165, 1.54) is 12.3 Å². The van der Waals surface area contributed by atoms with Crippen molar-refractivity contribution in [1.82, 2.24) is 9.55 Å². The van der Waals surface area contributed by atoms with E-state index in [4.69, 9.17) is 9.47 Å². The number of amides is 1. The van der Waals surface area contributed by atoms with Crippen LogP contribution in [0.3, 0.4) is 0 Å². The van der Waals surface area contributed by atoms with Crippen LogP contribution in [0.25, 0.3) is 0 Å². The van der Waals surface area contributed by atoms with E-state index in [0.717, 1.165) is 26.8 Å². The van der Waals surface area contributed by atoms with Crippen LogP contribution in [0.2, 0.25) is 0 Å². The minimum absolute atomic E-state index is 0.0492. The molecule has 9 heteroatoms. The highest BCUT2D eigenvalue weighted by Gasteiger charge is 2.46. The second kappa shape index (κ2) is 13.0. The first kappa shape index (κ1) is 30.1. The molecule has 5 aromatic rings. The van der Waals surface area contributed by atoms with E-state index in [1.54, 1.807) is 12.1 Å². The van der Waals surface area contributed by atoms with Crippen molar-refractivity contribution in [3.8, 4) is 0 Å². The van der Waals surface area contributed by atoms with Gasteiger partial charge in [0, 0.05) is 11.8 Å². The Kier molecular flexibility index (Phi) is 8.68. The zero-order valence-corrected chi connectivity index (χ0v) is 24.6. The van der Waals surface area contributed by atoms with Crippen LogP contribution < -0.4 is 11.0 Å². The van der Waals surface area contributed by atoms with Crippen molar-refractivity contribution >= 4 is 11.7 Å². The molecule has 1 fully saturated rings. The molecule has 3 N–H and O–H groups in total. The molecule has 2 heterocycles. The fraction of sp³-hybridized carbons (Fsp3) is 0.194. The van der Waals surface area contributed by atoms with Gasteiger partial charge in [0.2, 0.25) is 0 Å². The summed E-state index contributed by atoms with van der Waals surface area (Å²) in [6.07, 6.45) is -3.64. The smallest absolute Gasteiger partial charge is 0.351 e. The third-order valence-electron chi connectivity index (χ3n) is 8.00. The second-order valence-electron chi connectivity index (χ2n) is 11.0. The first-order valence-corrected chi connectivity index (χ1v) is 14.7. The predicted octanol–water partition coefficient (Wildman–Crippen LogP) is 4.43. The van der Waals surface area contributed by atoms with Crippen LogP contribution in [-0.4, -0.2) is 50.6 Å². The van der Waals surface area contributed by atoms with Crippen molar-refractivity contribution < 1.29 is 24.5 Å². The molecule has 0 spiro atoms. The van der Waals surface area contributed by atoms with Gasteiger partial charge in [0.1, 0.15) is 29.7 Å². The van der Waals surface area contributed by atoms with Gasteiger partial charge in [0.15, 0.2) is 6.23 Å². The number of aliphatic hydroxyl groups is 2. The molecule has 4 aromatic carbocycles. The van der Waals surface area contributed by atoms with Crippen LogP contribution in [0.1, 0.15) is 38.8 Å². The van der Waals surface area contributed by atoms with Gasteiger partial charge in [-0.05, 0) is 41.8 Å². The monoisotopic (exact) mass is 603 g/mol. The summed E-state index contributed by atoms with van der Waals surface area (Å²) < 4.78 is 13.9. The van der Waals surface area contributed by atoms with Crippen LogP contribution in [0.5, 0.6) is 0 Å². The Morgan fingerprint density at radius 3 is 1.87 bits per heavy atom. The van der Waals surface area contributed by atoms with Gasteiger partial charge in [-0.25, -0.2) is 4.79 Å². The number of benzene rings is 4. The van der Waals surface area contributed by atoms with Crippen LogP contribution in [0.4, 0.5) is 5.82 Å². The Hall–Kier alpha value is -4.93. The van der Waals surface area contributed by atoms with Crippen LogP contribution in [0.15, 0.2) is 132 Å². The van der Waals surface area contributed by atoms with E-state index in [-0.39, 0.29) is 12.4 Å². The largest absolute Gasteiger partial charge is 0.387 e. The summed E-state index contributed by atoms with van der Waals surface area (Å²) >= 11 is 0. The number of rotatable bonds is 9. The van der Waals surface area contributed by atoms with Gasteiger partial charge in [-0.15, -0.1) is 0 Å². The van der Waals surface area contributed by atoms with E-state index in [0.29, 0.717) is 5.56 Å². The van der Waals surface area contributed by atoms with E-state index >= 15 is 0 Å². The maximum atomic E-state index is 13.0. The Labute approximate surface area is 260 Å². The van der Waals surface area contributed by atoms with Gasteiger partial charge in [0.25, 0.3) is 5.91 Å². The zero-order chi connectivity index (χ0) is 31.4. The molecular weight excluding hydrogens is 570 g/mol. The number of aromatic nitrogens is 2. The highest BCUT2D eigenvalue weighted by atomic mass is 16.6. The lowest BCUT2D eigenvalue weighted by molar-refractivity contribution is -0.0958. The number of nitrogens with one attached hydrogen (secondary N) is 1. The number of carbonyl (C=O) groups is 1. The molecule has 1 aliphatic rings. The first-order chi connectivity index (χ1) is 21.9. The van der Waals surface area contributed by atoms with Crippen LogP contribution in [0, 0.1) is 6.92 Å². The number of aliphatic hydroxyl groups excluding tert-OH is 2. The summed E-state index contributed by atoms with van der Waals surface area (Å²) in [7, 11) is 0. The van der Waals surface area contributed by atoms with Crippen molar-refractivity contribution in [2.75, 3.05) is 11.9 Å². The molecule has 1 saturated heterocycles. The molecule has 0 aliphatic carbocycles. The Balaban J connectivity index is 1.25. The highest BCUT2D eigenvalue weighted by molar-refractivity contribution is 6.03. The van der Waals surface area contributed by atoms with E-state index in [1.807, 2.05) is 110 Å². The molecule has 0 radical (unpaired) electrons. The number of hydrogen-bond acceptors (Lipinski definition) is 7. The van der Waals surface area contributed by atoms with Crippen molar-refractivity contribution in [3.63, 3.8) is 0 Å². The fourth-order valence-electron chi connectivity index (χ4n) is 5.64. The molecule has 6 rings (SSSR count). The molecule has 228 valence electrons. The third-order valence-corrected chi connectivity index (χ3v) is 8.00. The SMILES string of the molecule is Cc1ccc(C(=O)Nc2ccn([C@@H]3O[C@H](COC(c4ccccc4)(c4ccccc4)c4ccccc4)[C@H](O)[C@@H]3O)c(=O)n2)cc1. The molecule has 4 atom stereocenters. The molecule has 0 unspecified atom stereocenters. The predicted molar refractivity (Wildman–Crippen MR) is 169 cm³/mol. The summed E-state index contributed by atoms with van der Waals surface area (Å²) in [6.45, 7) is 1.81. The number of aryl methyl sites for hydroxylation is 1. The molecule has 0 bridgehead atoms. The van der Waals surface area contributed by atoms with E-state index < -0.39 is 41.7 Å². The lowest BCUT2D eigenvalue weighted by atomic mass is 9.80. The fourth-order valence-corrected chi connectivity index (χ4v) is 5.64. The summed E-state index contributed by atoms with van der Waals surface area (Å²) in [5.41, 5.74) is 2.22. The summed E-state index contributed by atoms with van der Waals surface area (Å²) in [6, 6.07) is 37.7. The van der Waals surface area contributed by atoms with Crippen molar-refractivity contribution in [1.29, 1.82) is 0 Å². The Morgan fingerprint density at radius 1 is 0.822 bits per heavy atom. The third kappa shape index (κ3) is 6.07. The van der Waals surface area contributed by atoms with Crippen molar-refractivity contribution in [2.45, 2.75) is 37.1 Å². The highest BCUT2D eigenvalue weighted by Crippen LogP contribution is 2.41. The van der Waals surface area contributed by atoms with E-state index in [9.17, 15) is 19.8 Å². The lowest BCUT2D eigenvalue weighted by Gasteiger charge is -2.37. The Bertz CT molecular complexity index is 1700. The zero-order valence-electron chi connectivity index (χ0n) is 24.6. The number of anilines is 1. The molecule has 45 heavy (non-hydrogen) atoms. The van der Waals surface area contributed by atoms with Gasteiger partial charge in [-0.1, -0.05) is 109 Å². The van der Waals surface area contributed by atoms with Gasteiger partial charge < -0.3 is 25.0 Å². The minimum atomic E-state index is -1.44. The summed E-state index contributed by atoms with van der Waals surface area (Å²) in [5.74, 6) is -0.365. The van der Waals surface area contributed by atoms with Gasteiger partial charge in [-0.3, -0.25) is 9.36 Å². The van der Waals surface area contributed by atoms with Gasteiger partial charge >= 0.3 is 5.69 Å². The summed E-state index contributed by atoms with van der Waals surface area (Å²) in [5, 5.41) is 24.7. The van der Waals surface area contributed by atoms with Crippen molar-refractivity contribution in [2.24, 2.45) is 0 Å². The molecule has 9 nitrogen and oxygen atoms in total.